The Bertz CT molecular complexity index is 232. The number of carbonyl (C=O) groups is 2. The minimum atomic E-state index is -0.248. The molecule has 0 aromatic carbocycles. The second-order valence-corrected chi connectivity index (χ2v) is 3.84. The summed E-state index contributed by atoms with van der Waals surface area (Å²) >= 11 is 0. The third kappa shape index (κ3) is 2.37. The molecule has 0 unspecified atom stereocenters. The number of hydrogen-bond acceptors (Lipinski definition) is 2. The fourth-order valence-electron chi connectivity index (χ4n) is 1.64. The van der Waals surface area contributed by atoms with Gasteiger partial charge in [0.15, 0.2) is 0 Å². The maximum absolute atomic E-state index is 11.5. The van der Waals surface area contributed by atoms with Gasteiger partial charge in [0.2, 0.25) is 5.91 Å². The number of rotatable bonds is 1. The normalized spacial score (nSPS) is 18.0. The van der Waals surface area contributed by atoms with Crippen molar-refractivity contribution in [2.75, 3.05) is 27.2 Å². The molecular weight excluding hydrogens is 182 g/mol. The highest BCUT2D eigenvalue weighted by Crippen LogP contribution is 2.17. The van der Waals surface area contributed by atoms with Crippen molar-refractivity contribution in [1.29, 1.82) is 0 Å². The lowest BCUT2D eigenvalue weighted by atomic mass is 9.96. The molecule has 0 aromatic heterocycles. The van der Waals surface area contributed by atoms with Gasteiger partial charge >= 0.3 is 6.03 Å². The lowest BCUT2D eigenvalue weighted by molar-refractivity contribution is -0.123. The lowest BCUT2D eigenvalue weighted by Gasteiger charge is -2.32. The largest absolute Gasteiger partial charge is 0.369 e. The van der Waals surface area contributed by atoms with Gasteiger partial charge in [-0.2, -0.15) is 0 Å². The molecule has 0 atom stereocenters. The number of likely N-dealkylation sites (tertiary alicyclic amines) is 1. The lowest BCUT2D eigenvalue weighted by Crippen LogP contribution is -2.45. The molecule has 0 saturated carbocycles. The average Bonchev–Trinajstić information content (AvgIpc) is 2.16. The van der Waals surface area contributed by atoms with E-state index in [0.717, 1.165) is 0 Å². The van der Waals surface area contributed by atoms with Crippen LogP contribution in [0.5, 0.6) is 0 Å². The molecule has 0 radical (unpaired) electrons. The van der Waals surface area contributed by atoms with Crippen LogP contribution in [0.1, 0.15) is 12.8 Å². The Labute approximate surface area is 83.8 Å². The summed E-state index contributed by atoms with van der Waals surface area (Å²) in [7, 11) is 3.45. The van der Waals surface area contributed by atoms with Gasteiger partial charge in [-0.3, -0.25) is 4.79 Å². The number of urea groups is 1. The summed E-state index contributed by atoms with van der Waals surface area (Å²) < 4.78 is 0. The average molecular weight is 199 g/mol. The van der Waals surface area contributed by atoms with E-state index in [1.165, 1.54) is 0 Å². The van der Waals surface area contributed by atoms with Crippen molar-refractivity contribution in [2.45, 2.75) is 12.8 Å². The van der Waals surface area contributed by atoms with Gasteiger partial charge in [0.05, 0.1) is 0 Å². The van der Waals surface area contributed by atoms with Gasteiger partial charge in [-0.15, -0.1) is 0 Å². The summed E-state index contributed by atoms with van der Waals surface area (Å²) in [5.41, 5.74) is 5.20. The number of amides is 3. The van der Waals surface area contributed by atoms with E-state index in [0.29, 0.717) is 25.9 Å². The van der Waals surface area contributed by atoms with Crippen LogP contribution in [0, 0.1) is 5.92 Å². The molecule has 0 spiro atoms. The standard InChI is InChI=1S/C9H17N3O2/c1-11(2)9(14)12-5-3-7(4-6-12)8(10)13/h7H,3-6H2,1-2H3,(H2,10,13). The van der Waals surface area contributed by atoms with Gasteiger partial charge < -0.3 is 15.5 Å². The zero-order valence-electron chi connectivity index (χ0n) is 8.69. The predicted molar refractivity (Wildman–Crippen MR) is 52.6 cm³/mol. The second-order valence-electron chi connectivity index (χ2n) is 3.84. The van der Waals surface area contributed by atoms with Gasteiger partial charge in [-0.05, 0) is 12.8 Å². The third-order valence-electron chi connectivity index (χ3n) is 2.55. The first kappa shape index (κ1) is 10.8. The van der Waals surface area contributed by atoms with Crippen molar-refractivity contribution in [1.82, 2.24) is 9.80 Å². The number of nitrogens with zero attached hydrogens (tertiary/aromatic N) is 2. The van der Waals surface area contributed by atoms with Crippen molar-refractivity contribution in [2.24, 2.45) is 11.7 Å². The van der Waals surface area contributed by atoms with Gasteiger partial charge in [-0.1, -0.05) is 0 Å². The van der Waals surface area contributed by atoms with Crippen LogP contribution in [0.4, 0.5) is 4.79 Å². The maximum atomic E-state index is 11.5. The summed E-state index contributed by atoms with van der Waals surface area (Å²) in [6.45, 7) is 1.26. The van der Waals surface area contributed by atoms with Gasteiger partial charge in [0.1, 0.15) is 0 Å². The molecule has 1 aliphatic rings. The molecule has 14 heavy (non-hydrogen) atoms. The molecule has 1 heterocycles. The van der Waals surface area contributed by atoms with E-state index < -0.39 is 0 Å². The highest BCUT2D eigenvalue weighted by atomic mass is 16.2. The van der Waals surface area contributed by atoms with Gasteiger partial charge in [0.25, 0.3) is 0 Å². The molecule has 1 fully saturated rings. The highest BCUT2D eigenvalue weighted by molar-refractivity contribution is 5.78. The quantitative estimate of drug-likeness (QED) is 0.639. The molecular formula is C9H17N3O2. The van der Waals surface area contributed by atoms with E-state index in [1.807, 2.05) is 0 Å². The summed E-state index contributed by atoms with van der Waals surface area (Å²) in [6.07, 6.45) is 1.38. The van der Waals surface area contributed by atoms with Crippen LogP contribution in [0.15, 0.2) is 0 Å². The minimum absolute atomic E-state index is 0.00733. The fraction of sp³-hybridized carbons (Fsp3) is 0.778. The van der Waals surface area contributed by atoms with Gasteiger partial charge in [0, 0.05) is 33.1 Å². The summed E-state index contributed by atoms with van der Waals surface area (Å²) in [5, 5.41) is 0. The highest BCUT2D eigenvalue weighted by Gasteiger charge is 2.26. The Morgan fingerprint density at radius 1 is 1.29 bits per heavy atom. The van der Waals surface area contributed by atoms with Crippen LogP contribution in [-0.2, 0) is 4.79 Å². The van der Waals surface area contributed by atoms with Crippen molar-refractivity contribution in [3.63, 3.8) is 0 Å². The number of carbonyl (C=O) groups excluding carboxylic acids is 2. The van der Waals surface area contributed by atoms with Crippen molar-refractivity contribution in [3.8, 4) is 0 Å². The summed E-state index contributed by atoms with van der Waals surface area (Å²) in [5.74, 6) is -0.303. The van der Waals surface area contributed by atoms with Crippen LogP contribution >= 0.6 is 0 Å². The Morgan fingerprint density at radius 2 is 1.79 bits per heavy atom. The second kappa shape index (κ2) is 4.30. The van der Waals surface area contributed by atoms with E-state index in [4.69, 9.17) is 5.73 Å². The molecule has 1 saturated heterocycles. The first-order chi connectivity index (χ1) is 6.52. The molecule has 1 rings (SSSR count). The third-order valence-corrected chi connectivity index (χ3v) is 2.55. The minimum Gasteiger partial charge on any atom is -0.369 e. The van der Waals surface area contributed by atoms with Crippen LogP contribution in [0.2, 0.25) is 0 Å². The number of hydrogen-bond donors (Lipinski definition) is 1. The van der Waals surface area contributed by atoms with E-state index in [2.05, 4.69) is 0 Å². The van der Waals surface area contributed by atoms with Gasteiger partial charge in [-0.25, -0.2) is 4.79 Å². The van der Waals surface area contributed by atoms with Crippen LogP contribution in [0.3, 0.4) is 0 Å². The Kier molecular flexibility index (Phi) is 3.33. The fourth-order valence-corrected chi connectivity index (χ4v) is 1.64. The van der Waals surface area contributed by atoms with E-state index in [-0.39, 0.29) is 17.9 Å². The van der Waals surface area contributed by atoms with E-state index in [1.54, 1.807) is 23.9 Å². The molecule has 2 N–H and O–H groups in total. The first-order valence-electron chi connectivity index (χ1n) is 4.78. The zero-order valence-corrected chi connectivity index (χ0v) is 8.69. The van der Waals surface area contributed by atoms with Crippen LogP contribution in [-0.4, -0.2) is 48.9 Å². The topological polar surface area (TPSA) is 66.6 Å². The molecule has 0 aliphatic carbocycles. The molecule has 3 amide bonds. The van der Waals surface area contributed by atoms with Crippen molar-refractivity contribution >= 4 is 11.9 Å². The van der Waals surface area contributed by atoms with Crippen LogP contribution in [0.25, 0.3) is 0 Å². The summed E-state index contributed by atoms with van der Waals surface area (Å²) in [6, 6.07) is 0.00733. The monoisotopic (exact) mass is 199 g/mol. The Balaban J connectivity index is 2.43. The Morgan fingerprint density at radius 3 is 2.14 bits per heavy atom. The number of primary amides is 1. The van der Waals surface area contributed by atoms with Crippen molar-refractivity contribution < 1.29 is 9.59 Å². The molecule has 1 aliphatic heterocycles. The van der Waals surface area contributed by atoms with Crippen LogP contribution < -0.4 is 5.73 Å². The van der Waals surface area contributed by atoms with E-state index in [9.17, 15) is 9.59 Å². The molecule has 5 nitrogen and oxygen atoms in total. The number of piperidine rings is 1. The molecule has 0 aromatic rings. The first-order valence-corrected chi connectivity index (χ1v) is 4.78. The molecule has 80 valence electrons. The summed E-state index contributed by atoms with van der Waals surface area (Å²) in [4.78, 5) is 25.7. The Hall–Kier alpha value is -1.26. The zero-order chi connectivity index (χ0) is 10.7. The van der Waals surface area contributed by atoms with E-state index >= 15 is 0 Å². The SMILES string of the molecule is CN(C)C(=O)N1CCC(C(N)=O)CC1. The molecule has 5 heteroatoms. The number of nitrogens with two attached hydrogens (primary N) is 1. The predicted octanol–water partition coefficient (Wildman–Crippen LogP) is -0.135. The maximum Gasteiger partial charge on any atom is 0.319 e. The van der Waals surface area contributed by atoms with Crippen molar-refractivity contribution in [3.05, 3.63) is 0 Å². The smallest absolute Gasteiger partial charge is 0.319 e. The molecule has 0 bridgehead atoms.